The second kappa shape index (κ2) is 14.8. The van der Waals surface area contributed by atoms with Gasteiger partial charge >= 0.3 is 5.97 Å². The number of hydrogen-bond acceptors (Lipinski definition) is 9. The van der Waals surface area contributed by atoms with E-state index in [1.807, 2.05) is 0 Å². The van der Waals surface area contributed by atoms with Crippen LogP contribution in [0.2, 0.25) is 0 Å². The average Bonchev–Trinajstić information content (AvgIpc) is 3.31. The number of nitrogens with one attached hydrogen (secondary N) is 4. The summed E-state index contributed by atoms with van der Waals surface area (Å²) in [5, 5.41) is 16.1. The van der Waals surface area contributed by atoms with Gasteiger partial charge in [0.1, 0.15) is 18.1 Å². The first-order valence-electron chi connectivity index (χ1n) is 11.0. The van der Waals surface area contributed by atoms with E-state index in [-0.39, 0.29) is 32.1 Å². The van der Waals surface area contributed by atoms with Crippen molar-refractivity contribution in [3.63, 3.8) is 0 Å². The van der Waals surface area contributed by atoms with Crippen LogP contribution in [0.3, 0.4) is 0 Å². The Kier molecular flexibility index (Phi) is 12.2. The molecule has 1 aromatic rings. The van der Waals surface area contributed by atoms with E-state index in [9.17, 15) is 38.7 Å². The lowest BCUT2D eigenvalue weighted by Gasteiger charge is -2.24. The molecule has 17 heteroatoms. The van der Waals surface area contributed by atoms with Crippen molar-refractivity contribution in [1.82, 2.24) is 25.9 Å². The Morgan fingerprint density at radius 3 is 1.86 bits per heavy atom. The highest BCUT2D eigenvalue weighted by atomic mass is 16.4. The zero-order valence-corrected chi connectivity index (χ0v) is 19.8. The third-order valence-electron chi connectivity index (χ3n) is 4.98. The minimum Gasteiger partial charge on any atom is -0.480 e. The maximum Gasteiger partial charge on any atom is 0.326 e. The normalized spacial score (nSPS) is 13.9. The van der Waals surface area contributed by atoms with Crippen LogP contribution in [0.15, 0.2) is 12.5 Å². The zero-order chi connectivity index (χ0) is 28.1. The number of hydrogen-bond donors (Lipinski definition) is 9. The van der Waals surface area contributed by atoms with E-state index < -0.39 is 72.0 Å². The highest BCUT2D eigenvalue weighted by Crippen LogP contribution is 2.05. The molecule has 37 heavy (non-hydrogen) atoms. The van der Waals surface area contributed by atoms with Gasteiger partial charge < -0.3 is 49.0 Å². The number of rotatable bonds is 17. The van der Waals surface area contributed by atoms with Gasteiger partial charge in [-0.1, -0.05) is 0 Å². The fraction of sp³-hybridized carbons (Fsp3) is 0.500. The Labute approximate surface area is 210 Å². The van der Waals surface area contributed by atoms with Gasteiger partial charge in [0, 0.05) is 31.2 Å². The van der Waals surface area contributed by atoms with E-state index >= 15 is 0 Å². The van der Waals surface area contributed by atoms with Crippen molar-refractivity contribution in [2.75, 3.05) is 0 Å². The largest absolute Gasteiger partial charge is 0.480 e. The van der Waals surface area contributed by atoms with Gasteiger partial charge in [0.05, 0.1) is 18.8 Å². The fourth-order valence-corrected chi connectivity index (χ4v) is 3.03. The molecule has 0 aliphatic heterocycles. The van der Waals surface area contributed by atoms with Crippen molar-refractivity contribution in [3.8, 4) is 0 Å². The highest BCUT2D eigenvalue weighted by Gasteiger charge is 2.31. The lowest BCUT2D eigenvalue weighted by molar-refractivity contribution is -0.144. The van der Waals surface area contributed by atoms with E-state index in [4.69, 9.17) is 22.9 Å². The molecule has 4 unspecified atom stereocenters. The molecule has 1 rings (SSSR count). The number of carboxylic acids is 1. The quantitative estimate of drug-likeness (QED) is 0.0934. The Bertz CT molecular complexity index is 998. The van der Waals surface area contributed by atoms with Crippen molar-refractivity contribution in [1.29, 1.82) is 0 Å². The van der Waals surface area contributed by atoms with Crippen molar-refractivity contribution in [2.45, 2.75) is 62.7 Å². The van der Waals surface area contributed by atoms with Crippen LogP contribution in [-0.2, 0) is 40.0 Å². The van der Waals surface area contributed by atoms with E-state index in [0.29, 0.717) is 5.69 Å². The predicted octanol–water partition coefficient (Wildman–Crippen LogP) is -4.78. The third kappa shape index (κ3) is 11.6. The minimum absolute atomic E-state index is 0.0837. The van der Waals surface area contributed by atoms with Crippen LogP contribution >= 0.6 is 0 Å². The molecule has 4 atom stereocenters. The molecule has 0 aromatic carbocycles. The number of aromatic nitrogens is 2. The summed E-state index contributed by atoms with van der Waals surface area (Å²) in [4.78, 5) is 89.7. The van der Waals surface area contributed by atoms with Gasteiger partial charge in [-0.15, -0.1) is 0 Å². The molecule has 6 amide bonds. The highest BCUT2D eigenvalue weighted by molar-refractivity contribution is 5.95. The first-order valence-corrected chi connectivity index (χ1v) is 11.0. The van der Waals surface area contributed by atoms with E-state index in [2.05, 4.69) is 25.9 Å². The number of nitrogens with two attached hydrogens (primary N) is 4. The summed E-state index contributed by atoms with van der Waals surface area (Å²) >= 11 is 0. The standard InChI is InChI=1S/C20H31N9O8/c21-10(1-3-14(22)30)17(33)28-12(5-9-7-25-8-26-9)19(35)27-11(2-4-15(23)31)18(34)29-13(20(36)37)6-16(24)32/h7-8,10-13H,1-6,21H2,(H2,22,30)(H2,23,31)(H2,24,32)(H,25,26)(H,27,35)(H,28,33)(H,29,34)(H,36,37). The van der Waals surface area contributed by atoms with E-state index in [1.165, 1.54) is 12.5 Å². The van der Waals surface area contributed by atoms with Gasteiger partial charge in [0.25, 0.3) is 0 Å². The number of aliphatic carboxylic acids is 1. The Hall–Kier alpha value is -4.54. The molecule has 0 saturated carbocycles. The van der Waals surface area contributed by atoms with Gasteiger partial charge in [-0.05, 0) is 12.8 Å². The molecule has 0 aliphatic rings. The Morgan fingerprint density at radius 2 is 1.35 bits per heavy atom. The topological polar surface area (TPSA) is 309 Å². The maximum atomic E-state index is 13.1. The average molecular weight is 526 g/mol. The van der Waals surface area contributed by atoms with Crippen molar-refractivity contribution in [2.24, 2.45) is 22.9 Å². The number of imidazole rings is 1. The Morgan fingerprint density at radius 1 is 0.811 bits per heavy atom. The molecule has 0 aliphatic carbocycles. The maximum absolute atomic E-state index is 13.1. The smallest absolute Gasteiger partial charge is 0.326 e. The number of primary amides is 3. The number of carbonyl (C=O) groups is 7. The summed E-state index contributed by atoms with van der Waals surface area (Å²) in [7, 11) is 0. The summed E-state index contributed by atoms with van der Waals surface area (Å²) in [5.74, 6) is -6.74. The second-order valence-electron chi connectivity index (χ2n) is 8.09. The van der Waals surface area contributed by atoms with Crippen LogP contribution in [-0.4, -0.2) is 80.7 Å². The number of carboxylic acid groups (broad SMARTS) is 1. The summed E-state index contributed by atoms with van der Waals surface area (Å²) in [6.45, 7) is 0. The molecule has 0 saturated heterocycles. The van der Waals surface area contributed by atoms with Gasteiger partial charge in [-0.3, -0.25) is 28.8 Å². The van der Waals surface area contributed by atoms with Crippen LogP contribution in [0, 0.1) is 0 Å². The van der Waals surface area contributed by atoms with Gasteiger partial charge in [0.2, 0.25) is 35.4 Å². The van der Waals surface area contributed by atoms with Crippen molar-refractivity contribution in [3.05, 3.63) is 18.2 Å². The summed E-state index contributed by atoms with van der Waals surface area (Å²) in [6, 6.07) is -5.65. The fourth-order valence-electron chi connectivity index (χ4n) is 3.03. The second-order valence-corrected chi connectivity index (χ2v) is 8.09. The predicted molar refractivity (Wildman–Crippen MR) is 124 cm³/mol. The number of aromatic amines is 1. The van der Waals surface area contributed by atoms with Crippen LogP contribution in [0.4, 0.5) is 0 Å². The number of nitrogens with zero attached hydrogens (tertiary/aromatic N) is 1. The molecular weight excluding hydrogens is 494 g/mol. The summed E-state index contributed by atoms with van der Waals surface area (Å²) in [6.07, 6.45) is 0.941. The molecule has 17 nitrogen and oxygen atoms in total. The minimum atomic E-state index is -1.69. The molecule has 13 N–H and O–H groups in total. The monoisotopic (exact) mass is 525 g/mol. The van der Waals surface area contributed by atoms with Crippen LogP contribution in [0.25, 0.3) is 0 Å². The lowest BCUT2D eigenvalue weighted by Crippen LogP contribution is -2.58. The molecule has 0 fully saturated rings. The van der Waals surface area contributed by atoms with Gasteiger partial charge in [0.15, 0.2) is 0 Å². The SMILES string of the molecule is NC(=O)CCC(N)C(=O)NC(Cc1cnc[nH]1)C(=O)NC(CCC(N)=O)C(=O)NC(CC(N)=O)C(=O)O. The first-order chi connectivity index (χ1) is 17.3. The lowest BCUT2D eigenvalue weighted by atomic mass is 10.1. The van der Waals surface area contributed by atoms with Crippen molar-refractivity contribution < 1.29 is 38.7 Å². The van der Waals surface area contributed by atoms with Gasteiger partial charge in [-0.25, -0.2) is 9.78 Å². The molecule has 1 aromatic heterocycles. The summed E-state index contributed by atoms with van der Waals surface area (Å²) < 4.78 is 0. The van der Waals surface area contributed by atoms with E-state index in [0.717, 1.165) is 0 Å². The van der Waals surface area contributed by atoms with Crippen LogP contribution in [0.1, 0.15) is 37.8 Å². The Balaban J connectivity index is 3.08. The van der Waals surface area contributed by atoms with E-state index in [1.54, 1.807) is 0 Å². The van der Waals surface area contributed by atoms with Crippen LogP contribution in [0.5, 0.6) is 0 Å². The summed E-state index contributed by atoms with van der Waals surface area (Å²) in [5.41, 5.74) is 21.4. The first kappa shape index (κ1) is 30.5. The van der Waals surface area contributed by atoms with Crippen LogP contribution < -0.4 is 38.9 Å². The number of H-pyrrole nitrogens is 1. The van der Waals surface area contributed by atoms with Crippen molar-refractivity contribution >= 4 is 41.4 Å². The van der Waals surface area contributed by atoms with Gasteiger partial charge in [-0.2, -0.15) is 0 Å². The third-order valence-corrected chi connectivity index (χ3v) is 4.98. The molecule has 204 valence electrons. The molecular formula is C20H31N9O8. The number of carbonyl (C=O) groups excluding carboxylic acids is 6. The molecule has 0 spiro atoms. The molecule has 0 radical (unpaired) electrons. The zero-order valence-electron chi connectivity index (χ0n) is 19.8. The number of amides is 6. The molecule has 0 bridgehead atoms. The molecule has 1 heterocycles.